The Kier molecular flexibility index (Phi) is 7.97. The zero-order valence-corrected chi connectivity index (χ0v) is 24.3. The average molecular weight is 652 g/mol. The fraction of sp³-hybridized carbons (Fsp3) is 0. The highest BCUT2D eigenvalue weighted by Crippen LogP contribution is 2.58. The smallest absolute Gasteiger partial charge is 0.177 e. The second-order valence-electron chi connectivity index (χ2n) is 9.95. The second kappa shape index (κ2) is 12.2. The number of halogens is 4. The van der Waals surface area contributed by atoms with Crippen molar-refractivity contribution in [2.45, 2.75) is 0 Å². The molecule has 0 atom stereocenters. The van der Waals surface area contributed by atoms with Crippen molar-refractivity contribution in [2.75, 3.05) is 0 Å². The van der Waals surface area contributed by atoms with Crippen molar-refractivity contribution in [3.8, 4) is 60.7 Å². The molecule has 0 amide bonds. The molecule has 0 N–H and O–H groups in total. The van der Waals surface area contributed by atoms with E-state index >= 15 is 8.78 Å². The fourth-order valence-corrected chi connectivity index (χ4v) is 5.92. The zero-order chi connectivity index (χ0) is 36.6. The van der Waals surface area contributed by atoms with E-state index < -0.39 is 123 Å². The second-order valence-corrected chi connectivity index (χ2v) is 9.95. The van der Waals surface area contributed by atoms with E-state index in [2.05, 4.69) is 0 Å². The standard InChI is InChI=1S/C36H4F4N10/c37-33-15(5-41)1-3-19(35(33)39)27-21(11-47)29-23(13-49)32-26(18(9-45)10-46)28(20-4-2-16(6-42)34(38)36(20)40)22(12-48)30(32)24(14-50)31(29)25(27)17(7-43)8-44/h1-4H. The minimum absolute atomic E-state index is 0.549. The van der Waals surface area contributed by atoms with Crippen LogP contribution in [0.5, 0.6) is 0 Å². The molecule has 14 heteroatoms. The van der Waals surface area contributed by atoms with Crippen LogP contribution in [0.25, 0.3) is 33.4 Å². The van der Waals surface area contributed by atoms with Crippen molar-refractivity contribution in [3.05, 3.63) is 114 Å². The van der Waals surface area contributed by atoms with Gasteiger partial charge in [0.15, 0.2) is 23.3 Å². The minimum atomic E-state index is -1.70. The van der Waals surface area contributed by atoms with Crippen molar-refractivity contribution in [1.29, 1.82) is 52.6 Å². The molecule has 50 heavy (non-hydrogen) atoms. The predicted molar refractivity (Wildman–Crippen MR) is 159 cm³/mol. The first-order chi connectivity index (χ1) is 24.1. The quantitative estimate of drug-likeness (QED) is 0.223. The molecule has 2 aliphatic rings. The van der Waals surface area contributed by atoms with E-state index in [0.29, 0.717) is 0 Å². The van der Waals surface area contributed by atoms with Gasteiger partial charge in [-0.15, -0.1) is 0 Å². The Morgan fingerprint density at radius 2 is 0.740 bits per heavy atom. The van der Waals surface area contributed by atoms with E-state index in [-0.39, 0.29) is 0 Å². The fourth-order valence-electron chi connectivity index (χ4n) is 5.92. The molecule has 0 spiro atoms. The van der Waals surface area contributed by atoms with Crippen LogP contribution in [-0.2, 0) is 0 Å². The van der Waals surface area contributed by atoms with Gasteiger partial charge < -0.3 is 0 Å². The normalized spacial score (nSPS) is 12.0. The average Bonchev–Trinajstić information content (AvgIpc) is 3.64. The molecular weight excluding hydrogens is 648 g/mol. The summed E-state index contributed by atoms with van der Waals surface area (Å²) < 4.78 is 61.1. The van der Waals surface area contributed by atoms with E-state index in [4.69, 9.17) is 0 Å². The maximum absolute atomic E-state index is 15.6. The molecular formula is C36H4F4N10. The van der Waals surface area contributed by atoms with Gasteiger partial charge in [0.05, 0.1) is 33.4 Å². The number of fused-ring (bicyclic) bond motifs is 2. The van der Waals surface area contributed by atoms with Crippen molar-refractivity contribution >= 4 is 33.4 Å². The molecule has 2 aliphatic carbocycles. The molecule has 10 nitrogen and oxygen atoms in total. The number of benzene rings is 3. The summed E-state index contributed by atoms with van der Waals surface area (Å²) in [6.07, 6.45) is 0. The van der Waals surface area contributed by atoms with Gasteiger partial charge in [0, 0.05) is 55.7 Å². The molecule has 0 unspecified atom stereocenters. The third-order valence-corrected chi connectivity index (χ3v) is 7.84. The highest BCUT2D eigenvalue weighted by Gasteiger charge is 2.44. The van der Waals surface area contributed by atoms with Crippen molar-refractivity contribution in [2.24, 2.45) is 0 Å². The van der Waals surface area contributed by atoms with Crippen LogP contribution in [0.1, 0.15) is 55.6 Å². The zero-order valence-electron chi connectivity index (χ0n) is 24.3. The third-order valence-electron chi connectivity index (χ3n) is 7.84. The van der Waals surface area contributed by atoms with Crippen LogP contribution in [0.2, 0.25) is 0 Å². The summed E-state index contributed by atoms with van der Waals surface area (Å²) in [4.78, 5) is 0. The summed E-state index contributed by atoms with van der Waals surface area (Å²) in [5.41, 5.74) is -12.3. The lowest BCUT2D eigenvalue weighted by Gasteiger charge is -2.16. The van der Waals surface area contributed by atoms with Gasteiger partial charge in [-0.05, 0) is 24.3 Å². The SMILES string of the molecule is N#CC(C#N)=C1C(c2ccc(C#N)c(F)c2F)=C(C#N)c2c(C#N)c3c(c(C#N)c21)C(C#N)=C(c1ccc(C#N)c(F)c1F)C3=C(C#N)C#N. The van der Waals surface area contributed by atoms with Crippen LogP contribution in [0.3, 0.4) is 0 Å². The molecule has 0 aromatic heterocycles. The topological polar surface area (TPSA) is 238 Å². The van der Waals surface area contributed by atoms with E-state index in [9.17, 15) is 61.4 Å². The van der Waals surface area contributed by atoms with Crippen molar-refractivity contribution < 1.29 is 17.6 Å². The highest BCUT2D eigenvalue weighted by atomic mass is 19.2. The molecule has 0 heterocycles. The Balaban J connectivity index is 2.13. The van der Waals surface area contributed by atoms with Crippen LogP contribution in [0, 0.1) is 137 Å². The summed E-state index contributed by atoms with van der Waals surface area (Å²) in [6, 6.07) is 19.4. The van der Waals surface area contributed by atoms with E-state index in [1.807, 2.05) is 0 Å². The lowest BCUT2D eigenvalue weighted by Crippen LogP contribution is -2.05. The number of hydrogen-bond donors (Lipinski definition) is 0. The molecule has 0 radical (unpaired) electrons. The maximum atomic E-state index is 15.6. The number of hydrogen-bond acceptors (Lipinski definition) is 10. The Morgan fingerprint density at radius 1 is 0.400 bits per heavy atom. The first-order valence-corrected chi connectivity index (χ1v) is 13.3. The van der Waals surface area contributed by atoms with E-state index in [1.54, 1.807) is 48.6 Å². The minimum Gasteiger partial charge on any atom is -0.203 e. The van der Waals surface area contributed by atoms with Gasteiger partial charge in [-0.2, -0.15) is 52.6 Å². The molecule has 226 valence electrons. The van der Waals surface area contributed by atoms with E-state index in [1.165, 1.54) is 12.1 Å². The van der Waals surface area contributed by atoms with Crippen molar-refractivity contribution in [1.82, 2.24) is 0 Å². The molecule has 0 fully saturated rings. The van der Waals surface area contributed by atoms with Gasteiger partial charge in [-0.25, -0.2) is 17.6 Å². The Bertz CT molecular complexity index is 2580. The Hall–Kier alpha value is -8.76. The lowest BCUT2D eigenvalue weighted by atomic mass is 9.82. The van der Waals surface area contributed by atoms with Gasteiger partial charge in [-0.1, -0.05) is 0 Å². The van der Waals surface area contributed by atoms with Gasteiger partial charge in [-0.3, -0.25) is 0 Å². The van der Waals surface area contributed by atoms with Gasteiger partial charge in [0.25, 0.3) is 0 Å². The summed E-state index contributed by atoms with van der Waals surface area (Å²) >= 11 is 0. The Labute approximate surface area is 278 Å². The lowest BCUT2D eigenvalue weighted by molar-refractivity contribution is 0.504. The number of allylic oxidation sites excluding steroid dienone is 8. The van der Waals surface area contributed by atoms with E-state index in [0.717, 1.165) is 24.3 Å². The van der Waals surface area contributed by atoms with Gasteiger partial charge in [0.1, 0.15) is 71.8 Å². The largest absolute Gasteiger partial charge is 0.203 e. The summed E-state index contributed by atoms with van der Waals surface area (Å²) in [6.45, 7) is 0. The first-order valence-electron chi connectivity index (χ1n) is 13.3. The molecule has 0 bridgehead atoms. The van der Waals surface area contributed by atoms with Gasteiger partial charge in [0.2, 0.25) is 0 Å². The van der Waals surface area contributed by atoms with Gasteiger partial charge >= 0.3 is 0 Å². The number of rotatable bonds is 2. The summed E-state index contributed by atoms with van der Waals surface area (Å²) in [5, 5.41) is 100. The summed E-state index contributed by atoms with van der Waals surface area (Å²) in [5.74, 6) is -6.74. The molecule has 0 saturated carbocycles. The third kappa shape index (κ3) is 4.17. The number of nitriles is 10. The van der Waals surface area contributed by atoms with Crippen LogP contribution in [0.15, 0.2) is 35.4 Å². The highest BCUT2D eigenvalue weighted by molar-refractivity contribution is 6.32. The number of nitrogens with zero attached hydrogens (tertiary/aromatic N) is 10. The predicted octanol–water partition coefficient (Wildman–Crippen LogP) is 6.23. The van der Waals surface area contributed by atoms with Crippen LogP contribution in [0.4, 0.5) is 17.6 Å². The van der Waals surface area contributed by atoms with Crippen LogP contribution < -0.4 is 0 Å². The molecule has 0 saturated heterocycles. The Morgan fingerprint density at radius 3 is 1.00 bits per heavy atom. The monoisotopic (exact) mass is 652 g/mol. The maximum Gasteiger partial charge on any atom is 0.177 e. The van der Waals surface area contributed by atoms with Crippen LogP contribution in [-0.4, -0.2) is 0 Å². The first kappa shape index (κ1) is 32.6. The van der Waals surface area contributed by atoms with Crippen molar-refractivity contribution in [3.63, 3.8) is 0 Å². The molecule has 0 aliphatic heterocycles. The summed E-state index contributed by atoms with van der Waals surface area (Å²) in [7, 11) is 0. The molecule has 5 rings (SSSR count). The molecule has 3 aromatic rings. The van der Waals surface area contributed by atoms with Crippen LogP contribution >= 0.6 is 0 Å². The molecule has 3 aromatic carbocycles.